The maximum atomic E-state index is 9.47. The minimum atomic E-state index is -1.08. The van der Waals surface area contributed by atoms with Crippen molar-refractivity contribution in [1.29, 1.82) is 0 Å². The summed E-state index contributed by atoms with van der Waals surface area (Å²) in [5.74, 6) is 3.38. The first-order chi connectivity index (χ1) is 11.5. The molecule has 0 saturated carbocycles. The molecule has 15 heteroatoms. The van der Waals surface area contributed by atoms with Gasteiger partial charge in [0, 0.05) is 37.7 Å². The summed E-state index contributed by atoms with van der Waals surface area (Å²) in [5.41, 5.74) is 0. The average Bonchev–Trinajstić information content (AvgIpc) is 2.36. The number of carbonyl (C=O) groups is 6. The zero-order chi connectivity index (χ0) is 22.9. The minimum absolute atomic E-state index is 0. The van der Waals surface area contributed by atoms with E-state index in [1.54, 1.807) is 0 Å². The van der Waals surface area contributed by atoms with Gasteiger partial charge in [0.2, 0.25) is 0 Å². The Kier molecular flexibility index (Phi) is 63.5. The topological polar surface area (TPSA) is 265 Å². The van der Waals surface area contributed by atoms with Crippen LogP contribution in [0.4, 0.5) is 0 Å². The number of nitrogens with two attached hydrogens (primary N) is 2. The van der Waals surface area contributed by atoms with Crippen molar-refractivity contribution in [3.05, 3.63) is 0 Å². The van der Waals surface area contributed by atoms with E-state index in [1.165, 1.54) is 13.8 Å². The van der Waals surface area contributed by atoms with Gasteiger partial charge in [0.1, 0.15) is 0 Å². The van der Waals surface area contributed by atoms with Crippen molar-refractivity contribution >= 4 is 35.8 Å². The van der Waals surface area contributed by atoms with Crippen LogP contribution in [0.25, 0.3) is 0 Å². The van der Waals surface area contributed by atoms with E-state index in [2.05, 4.69) is 21.5 Å². The van der Waals surface area contributed by atoms with Gasteiger partial charge in [-0.3, -0.25) is 9.59 Å². The number of hydrogen-bond donors (Lipinski definition) is 2. The van der Waals surface area contributed by atoms with Gasteiger partial charge in [-0.2, -0.15) is 11.8 Å². The van der Waals surface area contributed by atoms with E-state index in [4.69, 9.17) is 39.6 Å². The molecule has 0 aromatic rings. The Morgan fingerprint density at radius 2 is 0.556 bits per heavy atom. The summed E-state index contributed by atoms with van der Waals surface area (Å²) < 4.78 is 0. The van der Waals surface area contributed by atoms with Gasteiger partial charge in [-0.05, 0) is 27.7 Å². The van der Waals surface area contributed by atoms with Crippen LogP contribution in [0.5, 0.6) is 0 Å². The molecule has 0 heterocycles. The predicted molar refractivity (Wildman–Crippen MR) is 74.6 cm³/mol. The summed E-state index contributed by atoms with van der Waals surface area (Å²) in [6.45, 7) is 6.36. The second-order valence-corrected chi connectivity index (χ2v) is 3.19. The van der Waals surface area contributed by atoms with Gasteiger partial charge >= 0.3 is 33.7 Å². The van der Waals surface area contributed by atoms with Crippen LogP contribution in [-0.4, -0.2) is 35.8 Å². The monoisotopic (exact) mass is 434 g/mol. The molecule has 0 amide bonds. The summed E-state index contributed by atoms with van der Waals surface area (Å²) in [5, 5.41) is 35.6. The number of carboxylic acid groups (broad SMARTS) is 4. The fourth-order valence-electron chi connectivity index (χ4n) is 0. The Labute approximate surface area is 170 Å². The Hall–Kier alpha value is -2.55. The van der Waals surface area contributed by atoms with E-state index < -0.39 is 35.8 Å². The zero-order valence-corrected chi connectivity index (χ0v) is 17.1. The molecule has 0 aromatic carbocycles. The quantitative estimate of drug-likeness (QED) is 0.265. The van der Waals surface area contributed by atoms with Gasteiger partial charge in [0.25, 0.3) is 0 Å². The maximum Gasteiger partial charge on any atom is 4.00 e. The van der Waals surface area contributed by atoms with Crippen LogP contribution in [0.1, 0.15) is 41.5 Å². The van der Waals surface area contributed by atoms with E-state index in [0.717, 1.165) is 27.7 Å². The van der Waals surface area contributed by atoms with E-state index >= 15 is 0 Å². The Bertz CT molecular complexity index is 337. The van der Waals surface area contributed by atoms with Crippen molar-refractivity contribution in [3.63, 3.8) is 0 Å². The third-order valence-corrected chi connectivity index (χ3v) is 0.332. The van der Waals surface area contributed by atoms with Crippen LogP contribution in [0.2, 0.25) is 0 Å². The molecule has 27 heavy (non-hydrogen) atoms. The van der Waals surface area contributed by atoms with Crippen LogP contribution in [0, 0.1) is 0 Å². The van der Waals surface area contributed by atoms with Gasteiger partial charge in [0.15, 0.2) is 0 Å². The van der Waals surface area contributed by atoms with Crippen LogP contribution in [-0.2, 0) is 60.2 Å². The second kappa shape index (κ2) is 38.8. The number of rotatable bonds is 0. The van der Waals surface area contributed by atoms with Gasteiger partial charge in [-0.25, -0.2) is 0 Å². The van der Waals surface area contributed by atoms with E-state index in [1.807, 2.05) is 0 Å². The standard InChI is InChI=1S/2C2H5NO2.4C2H4O2.Ti/c2*1-2(4)5-3;4*1-2(3)4;/h2*3H2,1H3;4*1H3,(H,3,4);/q;;;;;;+4/p-4. The van der Waals surface area contributed by atoms with Crippen molar-refractivity contribution < 1.29 is 80.6 Å². The van der Waals surface area contributed by atoms with Crippen molar-refractivity contribution in [1.82, 2.24) is 0 Å². The molecular weight excluding hydrogens is 412 g/mol. The molecule has 4 N–H and O–H groups in total. The summed E-state index contributed by atoms with van der Waals surface area (Å²) in [6, 6.07) is 0. The van der Waals surface area contributed by atoms with Crippen LogP contribution in [0.3, 0.4) is 0 Å². The third kappa shape index (κ3) is 5100. The second-order valence-electron chi connectivity index (χ2n) is 3.19. The zero-order valence-electron chi connectivity index (χ0n) is 15.6. The molecular formula is C12H22N2O12Ti. The van der Waals surface area contributed by atoms with Crippen LogP contribution >= 0.6 is 0 Å². The van der Waals surface area contributed by atoms with Gasteiger partial charge in [-0.15, -0.1) is 0 Å². The third-order valence-electron chi connectivity index (χ3n) is 0.332. The van der Waals surface area contributed by atoms with E-state index in [0.29, 0.717) is 0 Å². The molecule has 0 aliphatic heterocycles. The van der Waals surface area contributed by atoms with Crippen molar-refractivity contribution in [3.8, 4) is 0 Å². The van der Waals surface area contributed by atoms with Crippen LogP contribution in [0.15, 0.2) is 0 Å². The molecule has 156 valence electrons. The fourth-order valence-corrected chi connectivity index (χ4v) is 0. The molecule has 0 aliphatic rings. The van der Waals surface area contributed by atoms with Crippen molar-refractivity contribution in [2.24, 2.45) is 11.8 Å². The first kappa shape index (κ1) is 44.2. The summed E-state index contributed by atoms with van der Waals surface area (Å²) in [6.07, 6.45) is 0. The normalized spacial score (nSPS) is 6.22. The Morgan fingerprint density at radius 1 is 0.519 bits per heavy atom. The van der Waals surface area contributed by atoms with Gasteiger partial charge < -0.3 is 49.3 Å². The number of carboxylic acids is 4. The molecule has 0 saturated heterocycles. The molecule has 14 nitrogen and oxygen atoms in total. The molecule has 0 fully saturated rings. The van der Waals surface area contributed by atoms with Gasteiger partial charge in [-0.1, -0.05) is 0 Å². The molecule has 0 radical (unpaired) electrons. The maximum absolute atomic E-state index is 9.47. The molecule has 0 rings (SSSR count). The minimum Gasteiger partial charge on any atom is -0.550 e. The first-order valence-electron chi connectivity index (χ1n) is 5.92. The van der Waals surface area contributed by atoms with Crippen molar-refractivity contribution in [2.75, 3.05) is 0 Å². The SMILES string of the molecule is CC(=O)ON.CC(=O)ON.CC(=O)[O-].CC(=O)[O-].CC(=O)[O-].CC(=O)[O-].[Ti+4]. The largest absolute Gasteiger partial charge is 4.00 e. The number of aliphatic carboxylic acids is 4. The molecule has 0 aliphatic carbocycles. The average molecular weight is 434 g/mol. The van der Waals surface area contributed by atoms with Gasteiger partial charge in [0.05, 0.1) is 0 Å². The molecule has 0 bridgehead atoms. The van der Waals surface area contributed by atoms with Crippen molar-refractivity contribution in [2.45, 2.75) is 41.5 Å². The number of carbonyl (C=O) groups excluding carboxylic acids is 6. The smallest absolute Gasteiger partial charge is 0.550 e. The Balaban J connectivity index is -0.0000000354. The predicted octanol–water partition coefficient (Wildman–Crippen LogP) is -6.13. The fraction of sp³-hybridized carbons (Fsp3) is 0.500. The summed E-state index contributed by atoms with van der Waals surface area (Å²) >= 11 is 0. The van der Waals surface area contributed by atoms with E-state index in [9.17, 15) is 9.59 Å². The first-order valence-corrected chi connectivity index (χ1v) is 5.92. The van der Waals surface area contributed by atoms with E-state index in [-0.39, 0.29) is 21.7 Å². The summed E-state index contributed by atoms with van der Waals surface area (Å²) in [4.78, 5) is 61.7. The number of hydrogen-bond acceptors (Lipinski definition) is 14. The molecule has 0 atom stereocenters. The molecule has 0 aromatic heterocycles. The van der Waals surface area contributed by atoms with Crippen LogP contribution < -0.4 is 32.2 Å². The summed E-state index contributed by atoms with van der Waals surface area (Å²) in [7, 11) is 0. The molecule has 0 spiro atoms. The molecule has 0 unspecified atom stereocenters. The Morgan fingerprint density at radius 3 is 0.556 bits per heavy atom.